The molecular formula is C47H64N8O8S. The van der Waals surface area contributed by atoms with Gasteiger partial charge in [-0.05, 0) is 76.3 Å². The third-order valence-electron chi connectivity index (χ3n) is 13.0. The van der Waals surface area contributed by atoms with Gasteiger partial charge in [0, 0.05) is 98.1 Å². The number of aromatic nitrogens is 3. The van der Waals surface area contributed by atoms with Crippen LogP contribution in [0.3, 0.4) is 0 Å². The number of pyridine rings is 1. The Bertz CT molecular complexity index is 2400. The Hall–Kier alpha value is -4.94. The number of hydrogen-bond donors (Lipinski definition) is 4. The zero-order valence-electron chi connectivity index (χ0n) is 38.7. The number of carbonyl (C=O) groups is 4. The molecule has 17 heteroatoms. The summed E-state index contributed by atoms with van der Waals surface area (Å²) in [6, 6.07) is 7.76. The van der Waals surface area contributed by atoms with Gasteiger partial charge in [0.25, 0.3) is 5.91 Å². The lowest BCUT2D eigenvalue weighted by Crippen LogP contribution is -2.67. The second kappa shape index (κ2) is 18.1. The number of nitrogens with zero attached hydrogens (tertiary/aromatic N) is 6. The highest BCUT2D eigenvalue weighted by molar-refractivity contribution is 7.10. The normalized spacial score (nSPS) is 21.9. The molecule has 6 bridgehead atoms. The van der Waals surface area contributed by atoms with E-state index >= 15 is 0 Å². The second-order valence-electron chi connectivity index (χ2n) is 19.3. The van der Waals surface area contributed by atoms with Crippen LogP contribution < -0.4 is 10.7 Å². The van der Waals surface area contributed by atoms with Crippen molar-refractivity contribution in [3.63, 3.8) is 0 Å². The van der Waals surface area contributed by atoms with Crippen molar-refractivity contribution in [1.82, 2.24) is 40.1 Å². The highest BCUT2D eigenvalue weighted by atomic mass is 32.1. The maximum atomic E-state index is 14.6. The van der Waals surface area contributed by atoms with Crippen LogP contribution in [-0.2, 0) is 43.2 Å². The van der Waals surface area contributed by atoms with E-state index in [1.807, 2.05) is 52.1 Å². The lowest BCUT2D eigenvalue weighted by molar-refractivity contribution is -0.189. The third-order valence-corrected chi connectivity index (χ3v) is 13.9. The molecule has 0 aliphatic carbocycles. The van der Waals surface area contributed by atoms with Crippen LogP contribution in [0.4, 0.5) is 4.79 Å². The Morgan fingerprint density at radius 2 is 1.91 bits per heavy atom. The van der Waals surface area contributed by atoms with Gasteiger partial charge in [0.15, 0.2) is 0 Å². The van der Waals surface area contributed by atoms with Crippen molar-refractivity contribution < 1.29 is 38.9 Å². The fourth-order valence-corrected chi connectivity index (χ4v) is 10.1. The number of benzene rings is 1. The van der Waals surface area contributed by atoms with Crippen LogP contribution in [0.25, 0.3) is 33.4 Å². The van der Waals surface area contributed by atoms with Crippen LogP contribution in [0, 0.1) is 17.3 Å². The minimum Gasteiger partial charge on any atom is -0.462 e. The minimum absolute atomic E-state index is 0.00231. The molecule has 0 unspecified atom stereocenters. The van der Waals surface area contributed by atoms with Gasteiger partial charge in [-0.25, -0.2) is 14.6 Å². The summed E-state index contributed by atoms with van der Waals surface area (Å²) in [5, 5.41) is 29.9. The largest absolute Gasteiger partial charge is 0.462 e. The summed E-state index contributed by atoms with van der Waals surface area (Å²) in [6.45, 7) is 16.7. The van der Waals surface area contributed by atoms with Gasteiger partial charge < -0.3 is 39.4 Å². The molecule has 64 heavy (non-hydrogen) atoms. The fourth-order valence-electron chi connectivity index (χ4n) is 9.21. The number of esters is 1. The SMILES string of the molecule is CCn1c(-c2cccnc2[C@H](C)OC)c2c3cc(ccc31)-c1csc(n1)C[C@H](NC(=O)[C@H](C(C)C)N(C)C(=O)N1CC(C(C)(C)O)C1)C(=O)N1CCC[C@@](O)(N1)C(=O)OCC(C)(C)C2. The molecule has 4 atom stereocenters. The first-order valence-electron chi connectivity index (χ1n) is 22.3. The number of fused-ring (bicyclic) bond motifs is 6. The van der Waals surface area contributed by atoms with Crippen molar-refractivity contribution in [2.24, 2.45) is 17.3 Å². The number of ether oxygens (including phenoxy) is 2. The van der Waals surface area contributed by atoms with Crippen LogP contribution >= 0.6 is 11.3 Å². The summed E-state index contributed by atoms with van der Waals surface area (Å²) >= 11 is 1.36. The maximum absolute atomic E-state index is 14.6. The number of amides is 4. The second-order valence-corrected chi connectivity index (χ2v) is 20.3. The molecule has 7 rings (SSSR count). The zero-order valence-corrected chi connectivity index (χ0v) is 39.5. The van der Waals surface area contributed by atoms with E-state index in [9.17, 15) is 29.4 Å². The lowest BCUT2D eigenvalue weighted by atomic mass is 9.84. The first-order chi connectivity index (χ1) is 30.2. The van der Waals surface area contributed by atoms with E-state index in [2.05, 4.69) is 40.4 Å². The van der Waals surface area contributed by atoms with Crippen LogP contribution in [0.2, 0.25) is 0 Å². The van der Waals surface area contributed by atoms with Gasteiger partial charge in [0.1, 0.15) is 12.1 Å². The number of urea groups is 1. The van der Waals surface area contributed by atoms with E-state index in [0.717, 1.165) is 39.0 Å². The number of methoxy groups -OCH3 is 1. The lowest BCUT2D eigenvalue weighted by Gasteiger charge is -2.47. The van der Waals surface area contributed by atoms with Crippen LogP contribution in [-0.4, -0.2) is 127 Å². The molecule has 3 aliphatic rings. The zero-order chi connectivity index (χ0) is 46.5. The summed E-state index contributed by atoms with van der Waals surface area (Å²) in [4.78, 5) is 69.3. The summed E-state index contributed by atoms with van der Waals surface area (Å²) < 4.78 is 14.0. The highest BCUT2D eigenvalue weighted by Gasteiger charge is 2.46. The topological polar surface area (TPSA) is 192 Å². The summed E-state index contributed by atoms with van der Waals surface area (Å²) in [5.74, 6) is -2.46. The maximum Gasteiger partial charge on any atom is 0.355 e. The molecule has 346 valence electrons. The molecule has 1 aromatic carbocycles. The predicted molar refractivity (Wildman–Crippen MR) is 244 cm³/mol. The van der Waals surface area contributed by atoms with Crippen molar-refractivity contribution in [2.45, 2.75) is 117 Å². The number of rotatable bonds is 9. The summed E-state index contributed by atoms with van der Waals surface area (Å²) in [5.41, 5.74) is 5.32. The number of hydrazine groups is 1. The molecule has 3 aliphatic heterocycles. The van der Waals surface area contributed by atoms with Crippen LogP contribution in [0.5, 0.6) is 0 Å². The van der Waals surface area contributed by atoms with Gasteiger partial charge >= 0.3 is 12.0 Å². The fraction of sp³-hybridized carbons (Fsp3) is 0.574. The van der Waals surface area contributed by atoms with Crippen molar-refractivity contribution in [3.8, 4) is 22.5 Å². The number of aliphatic hydroxyl groups is 2. The predicted octanol–water partition coefficient (Wildman–Crippen LogP) is 5.30. The van der Waals surface area contributed by atoms with Crippen molar-refractivity contribution in [3.05, 3.63) is 58.2 Å². The smallest absolute Gasteiger partial charge is 0.355 e. The van der Waals surface area contributed by atoms with E-state index in [4.69, 9.17) is 19.4 Å². The number of nitrogens with one attached hydrogen (secondary N) is 2. The Kier molecular flexibility index (Phi) is 13.3. The van der Waals surface area contributed by atoms with Gasteiger partial charge in [0.2, 0.25) is 11.6 Å². The molecule has 16 nitrogen and oxygen atoms in total. The van der Waals surface area contributed by atoms with E-state index in [1.54, 1.807) is 39.1 Å². The molecule has 2 fully saturated rings. The number of thiazole rings is 1. The number of carbonyl (C=O) groups excluding carboxylic acids is 4. The van der Waals surface area contributed by atoms with Gasteiger partial charge in [-0.3, -0.25) is 19.6 Å². The Labute approximate surface area is 379 Å². The molecule has 4 aromatic rings. The number of cyclic esters (lactones) is 1. The Morgan fingerprint density at radius 1 is 1.17 bits per heavy atom. The van der Waals surface area contributed by atoms with Gasteiger partial charge in [-0.2, -0.15) is 5.43 Å². The molecular weight excluding hydrogens is 837 g/mol. The van der Waals surface area contributed by atoms with Gasteiger partial charge in [-0.1, -0.05) is 33.8 Å². The molecule has 4 amide bonds. The monoisotopic (exact) mass is 900 g/mol. The average Bonchev–Trinajstić information content (AvgIpc) is 3.82. The molecule has 4 N–H and O–H groups in total. The van der Waals surface area contributed by atoms with Crippen LogP contribution in [0.1, 0.15) is 90.6 Å². The number of likely N-dealkylation sites (N-methyl/N-ethyl adjacent to an activating group) is 1. The number of aryl methyl sites for hydroxylation is 1. The van der Waals surface area contributed by atoms with Crippen LogP contribution in [0.15, 0.2) is 41.9 Å². The van der Waals surface area contributed by atoms with E-state index in [-0.39, 0.29) is 56.4 Å². The Morgan fingerprint density at radius 3 is 2.58 bits per heavy atom. The summed E-state index contributed by atoms with van der Waals surface area (Å²) in [7, 11) is 3.23. The molecule has 6 heterocycles. The molecule has 0 saturated carbocycles. The molecule has 3 aromatic heterocycles. The van der Waals surface area contributed by atoms with Crippen molar-refractivity contribution in [1.29, 1.82) is 0 Å². The first-order valence-corrected chi connectivity index (χ1v) is 23.2. The van der Waals surface area contributed by atoms with Crippen molar-refractivity contribution in [2.75, 3.05) is 40.4 Å². The molecule has 0 spiro atoms. The van der Waals surface area contributed by atoms with E-state index < -0.39 is 46.6 Å². The summed E-state index contributed by atoms with van der Waals surface area (Å²) in [6.07, 6.45) is 2.24. The number of hydrogen-bond acceptors (Lipinski definition) is 12. The first kappa shape index (κ1) is 47.0. The highest BCUT2D eigenvalue weighted by Crippen LogP contribution is 2.42. The molecule has 0 radical (unpaired) electrons. The minimum atomic E-state index is -2.22. The average molecular weight is 901 g/mol. The Balaban J connectivity index is 1.29. The van der Waals surface area contributed by atoms with Gasteiger partial charge in [-0.15, -0.1) is 11.3 Å². The van der Waals surface area contributed by atoms with E-state index in [1.165, 1.54) is 21.2 Å². The van der Waals surface area contributed by atoms with E-state index in [0.29, 0.717) is 36.8 Å². The standard InChI is InChI=1S/C47H64N8O8S/c1-11-54-36-16-15-29-20-32(36)33(40(54)31-14-12-18-48-38(31)28(4)62-10)22-45(5,6)26-63-43(58)47(61)17-13-19-55(51-47)42(57)34(21-37-49-35(29)25-64-37)50-41(56)39(27(2)3)52(9)44(59)53-23-30(24-53)46(7,8)60/h12,14-16,18,20,25,27-28,30,34,39,51,60-61H,11,13,17,19,21-24,26H2,1-10H3,(H,50,56)/t28-,34-,39-,47-/m0/s1. The molecule has 2 saturated heterocycles. The third kappa shape index (κ3) is 9.27. The van der Waals surface area contributed by atoms with Gasteiger partial charge in [0.05, 0.1) is 40.4 Å². The quantitative estimate of drug-likeness (QED) is 0.160. The van der Waals surface area contributed by atoms with Crippen molar-refractivity contribution >= 4 is 46.1 Å². The number of likely N-dealkylation sites (tertiary alicyclic amines) is 1.